The van der Waals surface area contributed by atoms with Crippen LogP contribution in [-0.4, -0.2) is 4.98 Å². The van der Waals surface area contributed by atoms with Crippen LogP contribution >= 0.6 is 0 Å². The summed E-state index contributed by atoms with van der Waals surface area (Å²) < 4.78 is 38.9. The predicted octanol–water partition coefficient (Wildman–Crippen LogP) is 4.64. The van der Waals surface area contributed by atoms with Crippen molar-refractivity contribution in [2.24, 2.45) is 0 Å². The molecule has 1 nitrogen and oxygen atoms in total. The Balaban J connectivity index is 2.15. The van der Waals surface area contributed by atoms with E-state index in [-0.39, 0.29) is 0 Å². The van der Waals surface area contributed by atoms with E-state index < -0.39 is 11.9 Å². The van der Waals surface area contributed by atoms with Crippen molar-refractivity contribution >= 4 is 10.9 Å². The van der Waals surface area contributed by atoms with Crippen molar-refractivity contribution in [1.82, 2.24) is 4.98 Å². The fourth-order valence-electron chi connectivity index (χ4n) is 2.30. The molecule has 1 heterocycles. The fourth-order valence-corrected chi connectivity index (χ4v) is 2.30. The van der Waals surface area contributed by atoms with Crippen LogP contribution in [0.15, 0.2) is 54.6 Å². The molecule has 1 radical (unpaired) electrons. The molecule has 0 amide bonds. The first-order valence-corrected chi connectivity index (χ1v) is 6.45. The number of aromatic nitrogens is 1. The van der Waals surface area contributed by atoms with Crippen molar-refractivity contribution in [3.05, 3.63) is 77.5 Å². The highest BCUT2D eigenvalue weighted by Gasteiger charge is 2.33. The van der Waals surface area contributed by atoms with Gasteiger partial charge in [-0.2, -0.15) is 13.2 Å². The third-order valence-corrected chi connectivity index (χ3v) is 3.27. The molecule has 0 atom stereocenters. The Morgan fingerprint density at radius 2 is 1.71 bits per heavy atom. The van der Waals surface area contributed by atoms with Crippen LogP contribution < -0.4 is 0 Å². The van der Waals surface area contributed by atoms with Crippen molar-refractivity contribution in [3.63, 3.8) is 0 Å². The van der Waals surface area contributed by atoms with Crippen molar-refractivity contribution in [2.75, 3.05) is 0 Å². The average molecular weight is 286 g/mol. The summed E-state index contributed by atoms with van der Waals surface area (Å²) in [5, 5.41) is 0.748. The quantitative estimate of drug-likeness (QED) is 0.668. The van der Waals surface area contributed by atoms with Gasteiger partial charge in [0, 0.05) is 5.39 Å². The number of rotatable bonds is 2. The lowest BCUT2D eigenvalue weighted by Gasteiger charge is -2.12. The molecule has 21 heavy (non-hydrogen) atoms. The van der Waals surface area contributed by atoms with Gasteiger partial charge in [0.1, 0.15) is 5.69 Å². The lowest BCUT2D eigenvalue weighted by atomic mass is 10.00. The first-order valence-electron chi connectivity index (χ1n) is 6.45. The van der Waals surface area contributed by atoms with Crippen molar-refractivity contribution in [1.29, 1.82) is 0 Å². The number of halogens is 3. The summed E-state index contributed by atoms with van der Waals surface area (Å²) >= 11 is 0. The van der Waals surface area contributed by atoms with E-state index in [0.29, 0.717) is 17.5 Å². The summed E-state index contributed by atoms with van der Waals surface area (Å²) in [4.78, 5) is 3.72. The van der Waals surface area contributed by atoms with Gasteiger partial charge < -0.3 is 0 Å². The molecule has 4 heteroatoms. The normalized spacial score (nSPS) is 11.8. The number of fused-ring (bicyclic) bond motifs is 1. The van der Waals surface area contributed by atoms with Crippen LogP contribution in [-0.2, 0) is 12.6 Å². The maximum Gasteiger partial charge on any atom is 0.433 e. The van der Waals surface area contributed by atoms with Gasteiger partial charge in [-0.3, -0.25) is 0 Å². The predicted molar refractivity (Wildman–Crippen MR) is 74.8 cm³/mol. The van der Waals surface area contributed by atoms with E-state index in [4.69, 9.17) is 0 Å². The molecule has 3 rings (SSSR count). The second-order valence-corrected chi connectivity index (χ2v) is 4.77. The Labute approximate surface area is 120 Å². The highest BCUT2D eigenvalue weighted by atomic mass is 19.4. The van der Waals surface area contributed by atoms with Crippen LogP contribution in [0.5, 0.6) is 0 Å². The lowest BCUT2D eigenvalue weighted by molar-refractivity contribution is -0.141. The molecule has 0 saturated heterocycles. The molecular weight excluding hydrogens is 275 g/mol. The number of hydrogen-bond donors (Lipinski definition) is 0. The molecule has 0 fully saturated rings. The minimum Gasteiger partial charge on any atom is -0.243 e. The summed E-state index contributed by atoms with van der Waals surface area (Å²) in [5.74, 6) is 0. The third kappa shape index (κ3) is 2.89. The number of benzene rings is 2. The molecule has 2 aromatic carbocycles. The summed E-state index contributed by atoms with van der Waals surface area (Å²) in [5.41, 5.74) is 1.08. The van der Waals surface area contributed by atoms with Gasteiger partial charge in [0.15, 0.2) is 0 Å². The van der Waals surface area contributed by atoms with E-state index in [1.165, 1.54) is 0 Å². The Morgan fingerprint density at radius 1 is 1.00 bits per heavy atom. The average Bonchev–Trinajstić information content (AvgIpc) is 2.47. The Bertz CT molecular complexity index is 764. The van der Waals surface area contributed by atoms with Gasteiger partial charge >= 0.3 is 6.18 Å². The second kappa shape index (κ2) is 5.20. The number of alkyl halides is 3. The van der Waals surface area contributed by atoms with Crippen LogP contribution in [0.4, 0.5) is 13.2 Å². The highest BCUT2D eigenvalue weighted by molar-refractivity contribution is 5.82. The van der Waals surface area contributed by atoms with Gasteiger partial charge in [0.2, 0.25) is 0 Å². The van der Waals surface area contributed by atoms with E-state index in [2.05, 4.69) is 11.1 Å². The Morgan fingerprint density at radius 3 is 2.43 bits per heavy atom. The van der Waals surface area contributed by atoms with Gasteiger partial charge in [-0.25, -0.2) is 4.98 Å². The zero-order chi connectivity index (χ0) is 14.9. The summed E-state index contributed by atoms with van der Waals surface area (Å²) in [6.45, 7) is 0. The van der Waals surface area contributed by atoms with E-state index in [1.807, 2.05) is 12.1 Å². The minimum atomic E-state index is -4.44. The topological polar surface area (TPSA) is 12.9 Å². The molecule has 0 aliphatic rings. The van der Waals surface area contributed by atoms with E-state index in [0.717, 1.165) is 17.0 Å². The van der Waals surface area contributed by atoms with Gasteiger partial charge in [0.25, 0.3) is 0 Å². The van der Waals surface area contributed by atoms with Crippen LogP contribution in [0.25, 0.3) is 10.9 Å². The first kappa shape index (κ1) is 13.6. The summed E-state index contributed by atoms with van der Waals surface area (Å²) in [6, 6.07) is 18.1. The molecule has 0 spiro atoms. The Hall–Kier alpha value is -2.36. The zero-order valence-electron chi connectivity index (χ0n) is 11.0. The minimum absolute atomic E-state index is 0.366. The standard InChI is InChI=1S/C17H11F3N/c18-17(19,20)16-11-13(10-12-6-2-1-3-7-12)14-8-4-5-9-15(14)21-16/h2-9,11H,10H2. The number of hydrogen-bond acceptors (Lipinski definition) is 1. The van der Waals surface area contributed by atoms with E-state index in [9.17, 15) is 13.2 Å². The maximum absolute atomic E-state index is 13.0. The molecule has 0 aliphatic carbocycles. The molecule has 0 N–H and O–H groups in total. The second-order valence-electron chi connectivity index (χ2n) is 4.77. The number of nitrogens with zero attached hydrogens (tertiary/aromatic N) is 1. The van der Waals surface area contributed by atoms with Crippen molar-refractivity contribution in [3.8, 4) is 0 Å². The van der Waals surface area contributed by atoms with Gasteiger partial charge in [0.05, 0.1) is 5.52 Å². The molecule has 0 saturated carbocycles. The lowest BCUT2D eigenvalue weighted by Crippen LogP contribution is -2.09. The zero-order valence-corrected chi connectivity index (χ0v) is 11.0. The molecule has 1 aromatic heterocycles. The van der Waals surface area contributed by atoms with Crippen LogP contribution in [0, 0.1) is 6.07 Å². The first-order chi connectivity index (χ1) is 10.0. The number of para-hydroxylation sites is 1. The van der Waals surface area contributed by atoms with Crippen molar-refractivity contribution < 1.29 is 13.2 Å². The van der Waals surface area contributed by atoms with Gasteiger partial charge in [-0.05, 0) is 35.7 Å². The number of pyridine rings is 1. The third-order valence-electron chi connectivity index (χ3n) is 3.27. The SMILES string of the molecule is FC(F)(F)c1cc(Cc2cc[c]cc2)c2ccccc2n1. The summed E-state index contributed by atoms with van der Waals surface area (Å²) in [7, 11) is 0. The van der Waals surface area contributed by atoms with Gasteiger partial charge in [-0.1, -0.05) is 42.5 Å². The summed E-state index contributed by atoms with van der Waals surface area (Å²) in [6.07, 6.45) is -4.01. The maximum atomic E-state index is 13.0. The van der Waals surface area contributed by atoms with Crippen LogP contribution in [0.2, 0.25) is 0 Å². The fraction of sp³-hybridized carbons (Fsp3) is 0.118. The molecule has 105 valence electrons. The molecule has 3 aromatic rings. The van der Waals surface area contributed by atoms with Crippen LogP contribution in [0.1, 0.15) is 16.8 Å². The molecular formula is C17H11F3N. The van der Waals surface area contributed by atoms with E-state index in [1.54, 1.807) is 36.4 Å². The monoisotopic (exact) mass is 286 g/mol. The van der Waals surface area contributed by atoms with Crippen molar-refractivity contribution in [2.45, 2.75) is 12.6 Å². The molecule has 0 aliphatic heterocycles. The van der Waals surface area contributed by atoms with E-state index >= 15 is 0 Å². The molecule has 0 bridgehead atoms. The largest absolute Gasteiger partial charge is 0.433 e. The Kier molecular flexibility index (Phi) is 3.37. The van der Waals surface area contributed by atoms with Gasteiger partial charge in [-0.15, -0.1) is 0 Å². The highest BCUT2D eigenvalue weighted by Crippen LogP contribution is 2.31. The smallest absolute Gasteiger partial charge is 0.243 e. The van der Waals surface area contributed by atoms with Crippen LogP contribution in [0.3, 0.4) is 0 Å². The molecule has 0 unspecified atom stereocenters.